The molecule has 0 bridgehead atoms. The van der Waals surface area contributed by atoms with E-state index in [4.69, 9.17) is 0 Å². The van der Waals surface area contributed by atoms with Crippen LogP contribution in [0, 0.1) is 5.92 Å². The first kappa shape index (κ1) is 33.7. The zero-order valence-electron chi connectivity index (χ0n) is 27.3. The molecule has 1 aliphatic heterocycles. The number of hydrogen-bond donors (Lipinski definition) is 4. The van der Waals surface area contributed by atoms with Crippen LogP contribution in [0.15, 0.2) is 66.3 Å². The fourth-order valence-corrected chi connectivity index (χ4v) is 9.03. The van der Waals surface area contributed by atoms with Gasteiger partial charge in [0.1, 0.15) is 6.04 Å². The molecular weight excluding hydrogens is 631 g/mol. The maximum atomic E-state index is 13.8. The Morgan fingerprint density at radius 2 is 1.96 bits per heavy atom. The van der Waals surface area contributed by atoms with Gasteiger partial charge in [-0.05, 0) is 73.9 Å². The fraction of sp³-hybridized carbons (Fsp3) is 0.472. The van der Waals surface area contributed by atoms with E-state index in [-0.39, 0.29) is 24.8 Å². The number of thiophene rings is 2. The van der Waals surface area contributed by atoms with E-state index in [1.807, 2.05) is 68.5 Å². The van der Waals surface area contributed by atoms with Crippen molar-refractivity contribution in [3.05, 3.63) is 87.9 Å². The van der Waals surface area contributed by atoms with Gasteiger partial charge in [-0.1, -0.05) is 30.3 Å². The summed E-state index contributed by atoms with van der Waals surface area (Å²) >= 11 is 3.57. The minimum Gasteiger partial charge on any atom is -0.392 e. The molecule has 5 atom stereocenters. The Kier molecular flexibility index (Phi) is 10.4. The molecule has 1 aromatic carbocycles. The number of fused-ring (bicyclic) bond motifs is 2. The molecule has 1 saturated heterocycles. The number of piperazine rings is 1. The Morgan fingerprint density at radius 1 is 1.13 bits per heavy atom. The molecule has 11 heteroatoms. The lowest BCUT2D eigenvalue weighted by Gasteiger charge is -2.42. The summed E-state index contributed by atoms with van der Waals surface area (Å²) in [6.45, 7) is 8.94. The lowest BCUT2D eigenvalue weighted by atomic mass is 9.92. The molecule has 6 rings (SSSR count). The Balaban J connectivity index is 1.15. The summed E-state index contributed by atoms with van der Waals surface area (Å²) in [4.78, 5) is 37.4. The van der Waals surface area contributed by atoms with Gasteiger partial charge in [-0.15, -0.1) is 22.7 Å². The molecule has 0 spiro atoms. The number of amides is 2. The standard InChI is InChI=1S/C36H45N5O4S2/c1-36(2,3)39-34(45)30-22-40(21-28-17-25-10-14-46-35(25)47-28)12-13-41(30)20-27(42)16-26(15-23-7-6-11-37-19-23)33(44)38-32-29-9-5-4-8-24(29)18-31(32)43/h4-11,14,17,19,26-27,30-32,42-43H,12-13,15-16,18,20-22H2,1-3H3,(H,38,44)(H,39,45)/t26-,27-,30-,31+,32-/m0/s1. The van der Waals surface area contributed by atoms with Crippen molar-refractivity contribution in [1.82, 2.24) is 25.4 Å². The number of nitrogens with one attached hydrogen (secondary N) is 2. The van der Waals surface area contributed by atoms with Gasteiger partial charge >= 0.3 is 0 Å². The number of carbonyl (C=O) groups excluding carboxylic acids is 2. The van der Waals surface area contributed by atoms with Crippen molar-refractivity contribution in [1.29, 1.82) is 0 Å². The molecule has 0 radical (unpaired) electrons. The Labute approximate surface area is 284 Å². The normalized spacial score (nSPS) is 21.8. The van der Waals surface area contributed by atoms with Crippen molar-refractivity contribution in [2.75, 3.05) is 26.2 Å². The summed E-state index contributed by atoms with van der Waals surface area (Å²) in [7, 11) is 0. The number of benzene rings is 1. The number of aliphatic hydroxyl groups is 2. The third-order valence-electron chi connectivity index (χ3n) is 9.03. The first-order chi connectivity index (χ1) is 22.5. The highest BCUT2D eigenvalue weighted by Crippen LogP contribution is 2.33. The summed E-state index contributed by atoms with van der Waals surface area (Å²) in [6, 6.07) is 15.0. The van der Waals surface area contributed by atoms with E-state index in [0.717, 1.165) is 29.8 Å². The van der Waals surface area contributed by atoms with Crippen LogP contribution in [0.2, 0.25) is 0 Å². The van der Waals surface area contributed by atoms with Crippen molar-refractivity contribution in [3.8, 4) is 0 Å². The highest BCUT2D eigenvalue weighted by atomic mass is 32.2. The first-order valence-electron chi connectivity index (χ1n) is 16.4. The van der Waals surface area contributed by atoms with E-state index >= 15 is 0 Å². The minimum atomic E-state index is -0.844. The molecule has 4 heterocycles. The minimum absolute atomic E-state index is 0.0555. The highest BCUT2D eigenvalue weighted by Gasteiger charge is 2.37. The molecule has 0 saturated carbocycles. The van der Waals surface area contributed by atoms with Crippen LogP contribution in [0.3, 0.4) is 0 Å². The van der Waals surface area contributed by atoms with E-state index in [2.05, 4.69) is 42.9 Å². The van der Waals surface area contributed by atoms with Gasteiger partial charge in [0.25, 0.3) is 0 Å². The van der Waals surface area contributed by atoms with Crippen LogP contribution in [0.4, 0.5) is 0 Å². The van der Waals surface area contributed by atoms with Crippen LogP contribution in [0.5, 0.6) is 0 Å². The number of aromatic nitrogens is 1. The number of nitrogens with zero attached hydrogens (tertiary/aromatic N) is 3. The van der Waals surface area contributed by atoms with Crippen LogP contribution in [-0.2, 0) is 29.0 Å². The second kappa shape index (κ2) is 14.5. The van der Waals surface area contributed by atoms with Crippen molar-refractivity contribution >= 4 is 43.9 Å². The smallest absolute Gasteiger partial charge is 0.239 e. The predicted octanol–water partition coefficient (Wildman–Crippen LogP) is 4.14. The van der Waals surface area contributed by atoms with Crippen LogP contribution >= 0.6 is 22.7 Å². The van der Waals surface area contributed by atoms with Gasteiger partial charge < -0.3 is 20.8 Å². The van der Waals surface area contributed by atoms with Crippen molar-refractivity contribution < 1.29 is 19.8 Å². The lowest BCUT2D eigenvalue weighted by Crippen LogP contribution is -2.61. The van der Waals surface area contributed by atoms with E-state index < -0.39 is 35.7 Å². The van der Waals surface area contributed by atoms with E-state index in [1.165, 1.54) is 14.3 Å². The number of aliphatic hydroxyl groups excluding tert-OH is 2. The summed E-state index contributed by atoms with van der Waals surface area (Å²) in [5, 5.41) is 32.0. The topological polar surface area (TPSA) is 118 Å². The van der Waals surface area contributed by atoms with Crippen molar-refractivity contribution in [2.24, 2.45) is 5.92 Å². The average Bonchev–Trinajstić information content (AvgIpc) is 3.71. The van der Waals surface area contributed by atoms with Gasteiger partial charge in [0.15, 0.2) is 0 Å². The molecule has 4 aromatic rings. The van der Waals surface area contributed by atoms with Crippen LogP contribution in [0.25, 0.3) is 9.40 Å². The second-order valence-corrected chi connectivity index (χ2v) is 16.3. The quantitative estimate of drug-likeness (QED) is 0.189. The van der Waals surface area contributed by atoms with Gasteiger partial charge in [-0.25, -0.2) is 0 Å². The third-order valence-corrected chi connectivity index (χ3v) is 11.2. The van der Waals surface area contributed by atoms with E-state index in [9.17, 15) is 19.8 Å². The van der Waals surface area contributed by atoms with E-state index in [0.29, 0.717) is 25.9 Å². The molecule has 3 aromatic heterocycles. The predicted molar refractivity (Wildman–Crippen MR) is 187 cm³/mol. The monoisotopic (exact) mass is 675 g/mol. The zero-order chi connectivity index (χ0) is 33.1. The summed E-state index contributed by atoms with van der Waals surface area (Å²) in [5.74, 6) is -0.818. The average molecular weight is 676 g/mol. The molecule has 1 aliphatic carbocycles. The Morgan fingerprint density at radius 3 is 2.72 bits per heavy atom. The molecule has 0 unspecified atom stereocenters. The van der Waals surface area contributed by atoms with Gasteiger partial charge in [0.2, 0.25) is 11.8 Å². The van der Waals surface area contributed by atoms with Gasteiger partial charge in [0.05, 0.1) is 22.3 Å². The largest absolute Gasteiger partial charge is 0.392 e. The summed E-state index contributed by atoms with van der Waals surface area (Å²) in [6.07, 6.45) is 3.00. The number of carbonyl (C=O) groups is 2. The van der Waals surface area contributed by atoms with Crippen LogP contribution in [-0.4, -0.2) is 86.8 Å². The van der Waals surface area contributed by atoms with Crippen LogP contribution < -0.4 is 10.6 Å². The van der Waals surface area contributed by atoms with Gasteiger partial charge in [0, 0.05) is 73.3 Å². The van der Waals surface area contributed by atoms with Gasteiger partial charge in [-0.2, -0.15) is 0 Å². The maximum Gasteiger partial charge on any atom is 0.239 e. The molecule has 2 aliphatic rings. The Hall–Kier alpha value is -3.19. The lowest BCUT2D eigenvalue weighted by molar-refractivity contribution is -0.132. The third kappa shape index (κ3) is 8.46. The first-order valence-corrected chi connectivity index (χ1v) is 18.1. The molecule has 47 heavy (non-hydrogen) atoms. The maximum absolute atomic E-state index is 13.8. The Bertz CT molecular complexity index is 1640. The molecule has 1 fully saturated rings. The molecule has 9 nitrogen and oxygen atoms in total. The van der Waals surface area contributed by atoms with Crippen LogP contribution in [0.1, 0.15) is 54.8 Å². The molecule has 4 N–H and O–H groups in total. The SMILES string of the molecule is CC(C)(C)NC(=O)[C@@H]1CN(Cc2cc3ccsc3s2)CCN1C[C@@H](O)C[C@H](Cc1cccnc1)C(=O)N[C@H]1c2ccccc2C[C@H]1O. The summed E-state index contributed by atoms with van der Waals surface area (Å²) in [5.41, 5.74) is 2.48. The molecule has 2 amide bonds. The zero-order valence-corrected chi connectivity index (χ0v) is 28.9. The highest BCUT2D eigenvalue weighted by molar-refractivity contribution is 7.37. The number of rotatable bonds is 11. The van der Waals surface area contributed by atoms with E-state index in [1.54, 1.807) is 23.7 Å². The van der Waals surface area contributed by atoms with Gasteiger partial charge in [-0.3, -0.25) is 24.4 Å². The fourth-order valence-electron chi connectivity index (χ4n) is 6.84. The van der Waals surface area contributed by atoms with Crippen molar-refractivity contribution in [3.63, 3.8) is 0 Å². The number of β-amino-alcohol motifs (C(OH)–C–C–N with tert-alkyl or cyclic N) is 1. The molecule has 250 valence electrons. The van der Waals surface area contributed by atoms with Crippen molar-refractivity contribution in [2.45, 2.75) is 76.4 Å². The second-order valence-electron chi connectivity index (χ2n) is 14.0. The number of pyridine rings is 1. The summed E-state index contributed by atoms with van der Waals surface area (Å²) < 4.78 is 1.32. The molecular formula is C36H45N5O4S2. The number of hydrogen-bond acceptors (Lipinski definition) is 9.